The van der Waals surface area contributed by atoms with E-state index in [-0.39, 0.29) is 6.03 Å². The minimum absolute atomic E-state index is 0.129. The van der Waals surface area contributed by atoms with Crippen molar-refractivity contribution in [1.82, 2.24) is 10.2 Å². The fourth-order valence-electron chi connectivity index (χ4n) is 2.65. The van der Waals surface area contributed by atoms with Crippen molar-refractivity contribution in [1.29, 1.82) is 0 Å². The van der Waals surface area contributed by atoms with E-state index >= 15 is 0 Å². The molecule has 1 aliphatic rings. The summed E-state index contributed by atoms with van der Waals surface area (Å²) in [5.41, 5.74) is 2.02. The molecule has 2 N–H and O–H groups in total. The smallest absolute Gasteiger partial charge is 0.319 e. The minimum Gasteiger partial charge on any atom is -0.336 e. The average molecular weight is 289 g/mol. The molecule has 1 unspecified atom stereocenters. The van der Waals surface area contributed by atoms with E-state index in [0.29, 0.717) is 12.6 Å². The second-order valence-corrected chi connectivity index (χ2v) is 6.27. The van der Waals surface area contributed by atoms with Crippen LogP contribution in [0.1, 0.15) is 32.3 Å². The van der Waals surface area contributed by atoms with E-state index < -0.39 is 0 Å². The number of hydrogen-bond donors (Lipinski definition) is 2. The van der Waals surface area contributed by atoms with E-state index in [2.05, 4.69) is 29.4 Å². The van der Waals surface area contributed by atoms with E-state index in [0.717, 1.165) is 24.7 Å². The second kappa shape index (κ2) is 7.46. The van der Waals surface area contributed by atoms with Gasteiger partial charge in [0, 0.05) is 18.3 Å². The molecule has 1 aliphatic heterocycles. The summed E-state index contributed by atoms with van der Waals surface area (Å²) in [6.07, 6.45) is 2.53. The van der Waals surface area contributed by atoms with Gasteiger partial charge < -0.3 is 10.6 Å². The summed E-state index contributed by atoms with van der Waals surface area (Å²) in [7, 11) is 0. The number of piperidine rings is 1. The Labute approximate surface area is 127 Å². The van der Waals surface area contributed by atoms with Crippen LogP contribution in [-0.4, -0.2) is 36.6 Å². The van der Waals surface area contributed by atoms with Crippen LogP contribution in [0.3, 0.4) is 0 Å². The molecule has 0 saturated carbocycles. The van der Waals surface area contributed by atoms with Crippen LogP contribution >= 0.6 is 0 Å². The number of benzene rings is 1. The van der Waals surface area contributed by atoms with Gasteiger partial charge in [0.1, 0.15) is 0 Å². The summed E-state index contributed by atoms with van der Waals surface area (Å²) < 4.78 is 0. The van der Waals surface area contributed by atoms with Crippen LogP contribution < -0.4 is 10.6 Å². The monoisotopic (exact) mass is 289 g/mol. The molecular formula is C17H27N3O. The van der Waals surface area contributed by atoms with Crippen LogP contribution in [0.5, 0.6) is 0 Å². The fourth-order valence-corrected chi connectivity index (χ4v) is 2.65. The second-order valence-electron chi connectivity index (χ2n) is 6.27. The van der Waals surface area contributed by atoms with Crippen molar-refractivity contribution in [3.05, 3.63) is 29.8 Å². The molecule has 1 saturated heterocycles. The average Bonchev–Trinajstić information content (AvgIpc) is 2.48. The molecule has 1 atom stereocenters. The Bertz CT molecular complexity index is 450. The lowest BCUT2D eigenvalue weighted by Gasteiger charge is -2.34. The van der Waals surface area contributed by atoms with Crippen molar-refractivity contribution >= 4 is 11.7 Å². The molecular weight excluding hydrogens is 262 g/mol. The predicted molar refractivity (Wildman–Crippen MR) is 87.6 cm³/mol. The number of likely N-dealkylation sites (tertiary alicyclic amines) is 1. The molecule has 0 aromatic heterocycles. The first-order chi connectivity index (χ1) is 10.0. The zero-order valence-electron chi connectivity index (χ0n) is 13.4. The summed E-state index contributed by atoms with van der Waals surface area (Å²) >= 11 is 0. The van der Waals surface area contributed by atoms with E-state index in [1.54, 1.807) is 0 Å². The van der Waals surface area contributed by atoms with Gasteiger partial charge in [0.05, 0.1) is 0 Å². The summed E-state index contributed by atoms with van der Waals surface area (Å²) in [6, 6.07) is 8.09. The molecule has 1 aromatic rings. The van der Waals surface area contributed by atoms with Crippen molar-refractivity contribution in [2.75, 3.05) is 25.0 Å². The molecule has 0 aliphatic carbocycles. The van der Waals surface area contributed by atoms with Crippen LogP contribution in [0.4, 0.5) is 10.5 Å². The quantitative estimate of drug-likeness (QED) is 0.893. The molecule has 0 bridgehead atoms. The number of amides is 2. The van der Waals surface area contributed by atoms with Crippen molar-refractivity contribution in [2.24, 2.45) is 5.92 Å². The first kappa shape index (κ1) is 15.8. The van der Waals surface area contributed by atoms with Crippen molar-refractivity contribution in [2.45, 2.75) is 39.7 Å². The summed E-state index contributed by atoms with van der Waals surface area (Å²) in [5, 5.41) is 5.83. The number of rotatable bonds is 4. The Morgan fingerprint density at radius 1 is 1.29 bits per heavy atom. The molecule has 1 fully saturated rings. The number of nitrogens with one attached hydrogen (secondary N) is 2. The van der Waals surface area contributed by atoms with Gasteiger partial charge in [-0.15, -0.1) is 0 Å². The summed E-state index contributed by atoms with van der Waals surface area (Å²) in [5.74, 6) is 0.839. The van der Waals surface area contributed by atoms with Gasteiger partial charge in [-0.1, -0.05) is 24.6 Å². The maximum Gasteiger partial charge on any atom is 0.319 e. The van der Waals surface area contributed by atoms with Gasteiger partial charge in [-0.25, -0.2) is 4.79 Å². The molecule has 2 amide bonds. The largest absolute Gasteiger partial charge is 0.336 e. The minimum atomic E-state index is -0.129. The third-order valence-corrected chi connectivity index (χ3v) is 4.31. The van der Waals surface area contributed by atoms with Gasteiger partial charge in [-0.05, 0) is 57.8 Å². The Hall–Kier alpha value is -1.55. The van der Waals surface area contributed by atoms with Crippen LogP contribution in [0, 0.1) is 12.8 Å². The Balaban J connectivity index is 1.72. The van der Waals surface area contributed by atoms with Gasteiger partial charge >= 0.3 is 6.03 Å². The normalized spacial score (nSPS) is 18.2. The van der Waals surface area contributed by atoms with E-state index in [1.165, 1.54) is 18.4 Å². The van der Waals surface area contributed by atoms with Crippen LogP contribution in [0.15, 0.2) is 24.3 Å². The highest BCUT2D eigenvalue weighted by Crippen LogP contribution is 2.17. The third kappa shape index (κ3) is 5.05. The molecule has 21 heavy (non-hydrogen) atoms. The number of carbonyl (C=O) groups is 1. The number of anilines is 1. The standard InChI is InChI=1S/C17H27N3O/c1-13-4-6-16(7-5-13)19-17(21)18-12-15(3)20-10-8-14(2)9-11-20/h4-7,14-15H,8-12H2,1-3H3,(H2,18,19,21). The molecule has 1 aromatic carbocycles. The molecule has 2 rings (SSSR count). The SMILES string of the molecule is Cc1ccc(NC(=O)NCC(C)N2CCC(C)CC2)cc1. The lowest BCUT2D eigenvalue weighted by atomic mass is 9.98. The molecule has 116 valence electrons. The number of urea groups is 1. The molecule has 4 nitrogen and oxygen atoms in total. The highest BCUT2D eigenvalue weighted by molar-refractivity contribution is 5.89. The van der Waals surface area contributed by atoms with Gasteiger partial charge in [0.15, 0.2) is 0 Å². The van der Waals surface area contributed by atoms with Crippen LogP contribution in [0.2, 0.25) is 0 Å². The molecule has 4 heteroatoms. The van der Waals surface area contributed by atoms with Gasteiger partial charge in [0.2, 0.25) is 0 Å². The Morgan fingerprint density at radius 3 is 2.52 bits per heavy atom. The van der Waals surface area contributed by atoms with E-state index in [1.807, 2.05) is 31.2 Å². The topological polar surface area (TPSA) is 44.4 Å². The number of nitrogens with zero attached hydrogens (tertiary/aromatic N) is 1. The van der Waals surface area contributed by atoms with E-state index in [4.69, 9.17) is 0 Å². The lowest BCUT2D eigenvalue weighted by molar-refractivity contribution is 0.146. The zero-order chi connectivity index (χ0) is 15.2. The van der Waals surface area contributed by atoms with Crippen molar-refractivity contribution in [3.8, 4) is 0 Å². The van der Waals surface area contributed by atoms with Crippen LogP contribution in [0.25, 0.3) is 0 Å². The Kier molecular flexibility index (Phi) is 5.62. The number of hydrogen-bond acceptors (Lipinski definition) is 2. The Morgan fingerprint density at radius 2 is 1.90 bits per heavy atom. The number of aryl methyl sites for hydroxylation is 1. The van der Waals surface area contributed by atoms with Gasteiger partial charge in [-0.3, -0.25) is 4.90 Å². The molecule has 0 radical (unpaired) electrons. The maximum atomic E-state index is 11.9. The van der Waals surface area contributed by atoms with Gasteiger partial charge in [0.25, 0.3) is 0 Å². The molecule has 0 spiro atoms. The van der Waals surface area contributed by atoms with Crippen LogP contribution in [-0.2, 0) is 0 Å². The highest BCUT2D eigenvalue weighted by atomic mass is 16.2. The first-order valence-electron chi connectivity index (χ1n) is 7.90. The molecule has 1 heterocycles. The maximum absolute atomic E-state index is 11.9. The van der Waals surface area contributed by atoms with Gasteiger partial charge in [-0.2, -0.15) is 0 Å². The summed E-state index contributed by atoms with van der Waals surface area (Å²) in [4.78, 5) is 14.4. The van der Waals surface area contributed by atoms with Crippen molar-refractivity contribution < 1.29 is 4.79 Å². The lowest BCUT2D eigenvalue weighted by Crippen LogP contribution is -2.46. The number of carbonyl (C=O) groups excluding carboxylic acids is 1. The summed E-state index contributed by atoms with van der Waals surface area (Å²) in [6.45, 7) is 9.50. The van der Waals surface area contributed by atoms with E-state index in [9.17, 15) is 4.79 Å². The first-order valence-corrected chi connectivity index (χ1v) is 7.90. The fraction of sp³-hybridized carbons (Fsp3) is 0.588. The predicted octanol–water partition coefficient (Wildman–Crippen LogP) is 3.24. The zero-order valence-corrected chi connectivity index (χ0v) is 13.4. The highest BCUT2D eigenvalue weighted by Gasteiger charge is 2.20. The third-order valence-electron chi connectivity index (χ3n) is 4.31. The van der Waals surface area contributed by atoms with Crippen molar-refractivity contribution in [3.63, 3.8) is 0 Å².